The number of pyridine rings is 4. The maximum Gasteiger partial charge on any atom is 0.496 e. The van der Waals surface area contributed by atoms with Gasteiger partial charge in [-0.2, -0.15) is 5.21 Å². The zero-order valence-corrected chi connectivity index (χ0v) is 58.0. The van der Waals surface area contributed by atoms with Gasteiger partial charge in [0.25, 0.3) is 0 Å². The number of H-pyrrole nitrogens is 1. The van der Waals surface area contributed by atoms with E-state index in [2.05, 4.69) is 133 Å². The molecule has 5 aliphatic rings. The lowest BCUT2D eigenvalue weighted by atomic mass is 9.49. The van der Waals surface area contributed by atoms with Crippen LogP contribution in [-0.2, 0) is 59.1 Å². The second-order valence-electron chi connectivity index (χ2n) is 25.1. The van der Waals surface area contributed by atoms with Gasteiger partial charge in [0.15, 0.2) is 0 Å². The van der Waals surface area contributed by atoms with Crippen LogP contribution in [0.1, 0.15) is 88.6 Å². The molecule has 0 radical (unpaired) electrons. The summed E-state index contributed by atoms with van der Waals surface area (Å²) in [5.74, 6) is 1.67. The van der Waals surface area contributed by atoms with Gasteiger partial charge in [-0.05, 0) is 202 Å². The second kappa shape index (κ2) is 28.8. The van der Waals surface area contributed by atoms with Crippen LogP contribution >= 0.6 is 31.9 Å². The minimum Gasteiger partial charge on any atom is -0.441 e. The number of aliphatic hydroxyl groups excluding tert-OH is 1. The first-order chi connectivity index (χ1) is 46.0. The number of aromatic nitrogens is 20. The average Bonchev–Trinajstić information content (AvgIpc) is 1.62. The molecule has 13 heterocycles. The highest BCUT2D eigenvalue weighted by molar-refractivity contribution is 9.10. The van der Waals surface area contributed by atoms with Crippen LogP contribution in [0, 0.1) is 19.7 Å². The van der Waals surface area contributed by atoms with Crippen molar-refractivity contribution >= 4 is 70.2 Å². The maximum absolute atomic E-state index is 12.1. The molecule has 1 amide bonds. The second-order valence-corrected chi connectivity index (χ2v) is 27.0. The van der Waals surface area contributed by atoms with Crippen LogP contribution in [-0.4, -0.2) is 186 Å². The van der Waals surface area contributed by atoms with Crippen LogP contribution in [0.3, 0.4) is 0 Å². The van der Waals surface area contributed by atoms with Crippen LogP contribution in [0.4, 0.5) is 10.5 Å². The number of rotatable bonds is 11. The summed E-state index contributed by atoms with van der Waals surface area (Å²) in [5, 5.41) is 58.0. The molecule has 0 bridgehead atoms. The molecule has 14 rings (SSSR count). The highest BCUT2D eigenvalue weighted by Gasteiger charge is 2.64. The van der Waals surface area contributed by atoms with Gasteiger partial charge in [-0.3, -0.25) is 39.4 Å². The Morgan fingerprint density at radius 2 is 0.969 bits per heavy atom. The standard InChI is InChI=1S/C19H15N7O3.C14H17BN6O2.C12H24B2O4.C8H5BrN6.C6H4BrN5/c1-20-10-25-23-18(22-24-25)14-4-2-12(8-21-14)11-3-5-15-13(6-11)7-16-17(9-27)29-19(28)26(15)16;1-13(2)14(3,4)23-15(22-13)10-6-7-11(17-8-10)12-18-20-21(19-12)9-16-5;1-9(2)10(3,4)16-13(15-9)14-17-11(5,6)12(7,8)18-14;1-10-5-15-13-8(12-14-15)7-3-2-6(9)4-11-7;7-4-1-2-5(8-3-4)6-9-11-12-10-6/h2-6,8,16-17,27H,7,9-10H2;6-8H,9H2,1-4H3;1-8H3;2-4H,5H2;1-3H,(H,9,10,11,12)/t16-,17-;;;;/m0..../s1. The van der Waals surface area contributed by atoms with E-state index in [1.54, 1.807) is 47.9 Å². The minimum absolute atomic E-state index is 0.0168. The Morgan fingerprint density at radius 3 is 1.36 bits per heavy atom. The molecule has 38 heteroatoms. The van der Waals surface area contributed by atoms with E-state index in [0.29, 0.717) is 52.5 Å². The number of cyclic esters (lactones) is 1. The van der Waals surface area contributed by atoms with Crippen molar-refractivity contribution in [3.8, 4) is 57.2 Å². The van der Waals surface area contributed by atoms with Gasteiger partial charge < -0.3 is 37.8 Å². The Balaban J connectivity index is 0.000000136. The number of nitrogens with one attached hydrogen (secondary N) is 1. The summed E-state index contributed by atoms with van der Waals surface area (Å²) in [6, 6.07) is 20.4. The monoisotopic (exact) mass is 1440 g/mol. The normalized spacial score (nSPS) is 19.0. The van der Waals surface area contributed by atoms with Crippen molar-refractivity contribution in [3.63, 3.8) is 0 Å². The van der Waals surface area contributed by atoms with Gasteiger partial charge in [0, 0.05) is 44.8 Å². The molecule has 5 aliphatic heterocycles. The van der Waals surface area contributed by atoms with E-state index in [4.69, 9.17) is 52.4 Å². The highest BCUT2D eigenvalue weighted by atomic mass is 79.9. The number of carbonyl (C=O) groups excluding carboxylic acids is 1. The van der Waals surface area contributed by atoms with Crippen molar-refractivity contribution < 1.29 is 42.6 Å². The number of hydrogen-bond acceptors (Lipinski definition) is 25. The fourth-order valence-electron chi connectivity index (χ4n) is 9.66. The Hall–Kier alpha value is -9.29. The van der Waals surface area contributed by atoms with E-state index < -0.39 is 33.3 Å². The first-order valence-electron chi connectivity index (χ1n) is 30.1. The molecule has 0 unspecified atom stereocenters. The third-order valence-electron chi connectivity index (χ3n) is 17.0. The zero-order valence-electron chi connectivity index (χ0n) is 54.8. The summed E-state index contributed by atoms with van der Waals surface area (Å²) >= 11 is 6.57. The van der Waals surface area contributed by atoms with Gasteiger partial charge in [-0.25, -0.2) is 24.5 Å². The largest absolute Gasteiger partial charge is 0.496 e. The van der Waals surface area contributed by atoms with E-state index >= 15 is 0 Å². The number of aromatic amines is 1. The Kier molecular flexibility index (Phi) is 20.9. The summed E-state index contributed by atoms with van der Waals surface area (Å²) < 4.78 is 42.9. The van der Waals surface area contributed by atoms with E-state index in [1.165, 1.54) is 14.4 Å². The average molecular weight is 1450 g/mol. The van der Waals surface area contributed by atoms with Crippen molar-refractivity contribution in [3.05, 3.63) is 140 Å². The third-order valence-corrected chi connectivity index (χ3v) is 17.9. The molecular weight excluding hydrogens is 1380 g/mol. The number of nitrogens with zero attached hydrogens (tertiary/aromatic N) is 23. The molecular formula is C59H65B3Br2N24O9. The van der Waals surface area contributed by atoms with Crippen LogP contribution in [0.25, 0.3) is 71.7 Å². The lowest BCUT2D eigenvalue weighted by molar-refractivity contribution is 0.00578. The number of halogens is 2. The van der Waals surface area contributed by atoms with Crippen LogP contribution in [0.2, 0.25) is 0 Å². The highest BCUT2D eigenvalue weighted by Crippen LogP contribution is 2.44. The van der Waals surface area contributed by atoms with Crippen molar-refractivity contribution in [1.82, 2.24) is 101 Å². The fraction of sp³-hybridized carbons (Fsp3) is 0.424. The Labute approximate surface area is 575 Å². The lowest BCUT2D eigenvalue weighted by Crippen LogP contribution is -2.41. The zero-order chi connectivity index (χ0) is 69.7. The summed E-state index contributed by atoms with van der Waals surface area (Å²) in [6.45, 7) is 44.5. The van der Waals surface area contributed by atoms with Gasteiger partial charge in [-0.15, -0.1) is 40.8 Å². The predicted octanol–water partition coefficient (Wildman–Crippen LogP) is 7.08. The Morgan fingerprint density at radius 1 is 0.546 bits per heavy atom. The molecule has 2 N–H and O–H groups in total. The number of benzene rings is 1. The molecule has 498 valence electrons. The predicted molar refractivity (Wildman–Crippen MR) is 356 cm³/mol. The van der Waals surface area contributed by atoms with Gasteiger partial charge in [0.1, 0.15) is 28.9 Å². The molecule has 4 fully saturated rings. The van der Waals surface area contributed by atoms with Crippen LogP contribution in [0.5, 0.6) is 0 Å². The van der Waals surface area contributed by atoms with Gasteiger partial charge in [-0.1, -0.05) is 32.6 Å². The van der Waals surface area contributed by atoms with Crippen molar-refractivity contribution in [2.24, 2.45) is 0 Å². The smallest absolute Gasteiger partial charge is 0.441 e. The molecule has 1 aromatic carbocycles. The van der Waals surface area contributed by atoms with Crippen molar-refractivity contribution in [2.75, 3.05) is 11.5 Å². The quantitative estimate of drug-likeness (QED) is 0.0964. The number of tetrazole rings is 4. The number of ether oxygens (including phenoxy) is 1. The van der Waals surface area contributed by atoms with Crippen LogP contribution in [0.15, 0.2) is 100 Å². The molecule has 0 spiro atoms. The molecule has 4 saturated heterocycles. The molecule has 97 heavy (non-hydrogen) atoms. The SMILES string of the molecule is Brc1ccc(-c2nn[nH]n2)nc1.CC1(C)OB(B2OC(C)(C)C(C)(C)O2)OC1(C)C.[C-]#[N+]Cn1nnc(-c2ccc(-c3ccc4c(c3)C[C@H]3[C@H](CO)OC(=O)N43)cn2)n1.[C-]#[N+]Cn1nnc(-c2ccc(B3OC(C)(C)C(C)(C)O3)cn2)n1.[C-]#[N+]Cn1nnc(-c2ccc(Br)cn2)n1. The number of aliphatic hydroxyl groups is 1. The van der Waals surface area contributed by atoms with E-state index in [9.17, 15) is 9.90 Å². The van der Waals surface area contributed by atoms with E-state index in [1.807, 2.05) is 132 Å². The first kappa shape index (κ1) is 70.5. The topological polar surface area (TPSA) is 355 Å². The number of fused-ring (bicyclic) bond motifs is 3. The minimum atomic E-state index is -0.497. The first-order valence-corrected chi connectivity index (χ1v) is 31.7. The van der Waals surface area contributed by atoms with E-state index in [-0.39, 0.29) is 66.3 Å². The van der Waals surface area contributed by atoms with Gasteiger partial charge in [0.2, 0.25) is 23.3 Å². The summed E-state index contributed by atoms with van der Waals surface area (Å²) in [4.78, 5) is 43.9. The molecule has 8 aromatic heterocycles. The number of anilines is 1. The molecule has 0 saturated carbocycles. The third kappa shape index (κ3) is 15.9. The Bertz CT molecular complexity index is 4250. The molecule has 33 nitrogen and oxygen atoms in total. The summed E-state index contributed by atoms with van der Waals surface area (Å²) in [7, 11) is -1.40. The number of carbonyl (C=O) groups is 1. The lowest BCUT2D eigenvalue weighted by Gasteiger charge is -2.32. The number of hydrogen-bond donors (Lipinski definition) is 2. The van der Waals surface area contributed by atoms with E-state index in [0.717, 1.165) is 36.8 Å². The van der Waals surface area contributed by atoms with Crippen molar-refractivity contribution in [1.29, 1.82) is 0 Å². The molecule has 9 aromatic rings. The summed E-state index contributed by atoms with van der Waals surface area (Å²) in [6.07, 6.45) is 6.49. The maximum atomic E-state index is 12.1. The number of amides is 1. The summed E-state index contributed by atoms with van der Waals surface area (Å²) in [5.41, 5.74) is 4.86. The van der Waals surface area contributed by atoms with Crippen molar-refractivity contribution in [2.45, 2.75) is 155 Å². The van der Waals surface area contributed by atoms with Crippen LogP contribution < -0.4 is 10.4 Å². The van der Waals surface area contributed by atoms with Gasteiger partial charge in [0.05, 0.1) is 51.9 Å². The van der Waals surface area contributed by atoms with Gasteiger partial charge >= 0.3 is 47.2 Å². The fourth-order valence-corrected chi connectivity index (χ4v) is 10.1. The molecule has 2 atom stereocenters. The molecule has 0 aliphatic carbocycles.